The van der Waals surface area contributed by atoms with Crippen molar-refractivity contribution in [2.75, 3.05) is 0 Å². The molecule has 3 atom stereocenters. The van der Waals surface area contributed by atoms with Crippen molar-refractivity contribution >= 4 is 10.8 Å². The highest BCUT2D eigenvalue weighted by atomic mass is 15.0. The quantitative estimate of drug-likeness (QED) is 0.169. The van der Waals surface area contributed by atoms with E-state index in [0.717, 1.165) is 70.7 Å². The lowest BCUT2D eigenvalue weighted by atomic mass is 9.51. The number of benzene rings is 6. The summed E-state index contributed by atoms with van der Waals surface area (Å²) < 4.78 is 0. The molecule has 2 aliphatic rings. The summed E-state index contributed by atoms with van der Waals surface area (Å²) in [4.78, 5) is 14.7. The molecule has 56 heavy (non-hydrogen) atoms. The van der Waals surface area contributed by atoms with Crippen molar-refractivity contribution < 1.29 is 0 Å². The molecule has 0 aliphatic heterocycles. The molecule has 9 rings (SSSR count). The Balaban J connectivity index is 1.10. The molecule has 2 aliphatic carbocycles. The van der Waals surface area contributed by atoms with Gasteiger partial charge in [-0.15, -0.1) is 0 Å². The van der Waals surface area contributed by atoms with E-state index in [4.69, 9.17) is 15.0 Å². The Morgan fingerprint density at radius 2 is 1.09 bits per heavy atom. The Morgan fingerprint density at radius 3 is 1.77 bits per heavy atom. The Labute approximate surface area is 327 Å². The monoisotopic (exact) mass is 722 g/mol. The Hall–Kier alpha value is -6.94. The van der Waals surface area contributed by atoms with Gasteiger partial charge in [0, 0.05) is 27.6 Å². The largest absolute Gasteiger partial charge is 0.208 e. The fourth-order valence-electron chi connectivity index (χ4n) is 9.83. The van der Waals surface area contributed by atoms with Gasteiger partial charge in [-0.3, -0.25) is 0 Å². The van der Waals surface area contributed by atoms with Crippen LogP contribution in [0, 0.1) is 39.9 Å². The molecule has 2 bridgehead atoms. The van der Waals surface area contributed by atoms with Crippen LogP contribution in [-0.2, 0) is 10.8 Å². The molecule has 7 aromatic rings. The van der Waals surface area contributed by atoms with Crippen LogP contribution in [0.25, 0.3) is 56.1 Å². The van der Waals surface area contributed by atoms with Gasteiger partial charge in [-0.05, 0) is 88.8 Å². The summed E-state index contributed by atoms with van der Waals surface area (Å²) in [6.07, 6.45) is 6.44. The topological polar surface area (TPSA) is 110 Å². The fraction of sp³-hybridized carbons (Fsp3) is 0.200. The van der Waals surface area contributed by atoms with Crippen LogP contribution in [0.2, 0.25) is 0 Å². The average molecular weight is 723 g/mol. The summed E-state index contributed by atoms with van der Waals surface area (Å²) in [6, 6.07) is 51.7. The third-order valence-corrected chi connectivity index (χ3v) is 12.3. The summed E-state index contributed by atoms with van der Waals surface area (Å²) in [5, 5.41) is 32.8. The van der Waals surface area contributed by atoms with E-state index in [1.807, 2.05) is 103 Å². The van der Waals surface area contributed by atoms with E-state index in [-0.39, 0.29) is 10.8 Å². The molecule has 268 valence electrons. The van der Waals surface area contributed by atoms with Gasteiger partial charge >= 0.3 is 0 Å². The number of rotatable bonds is 6. The molecule has 1 aromatic heterocycles. The van der Waals surface area contributed by atoms with Gasteiger partial charge in [-0.1, -0.05) is 129 Å². The van der Waals surface area contributed by atoms with Crippen molar-refractivity contribution in [2.24, 2.45) is 5.92 Å². The molecule has 2 saturated carbocycles. The van der Waals surface area contributed by atoms with Crippen LogP contribution in [0.1, 0.15) is 73.3 Å². The Kier molecular flexibility index (Phi) is 8.73. The lowest BCUT2D eigenvalue weighted by Crippen LogP contribution is -2.46. The number of aromatic nitrogens is 3. The molecule has 0 amide bonds. The molecule has 0 N–H and O–H groups in total. The summed E-state index contributed by atoms with van der Waals surface area (Å²) in [6.45, 7) is 2.36. The average Bonchev–Trinajstić information content (AvgIpc) is 3.25. The van der Waals surface area contributed by atoms with Gasteiger partial charge in [0.1, 0.15) is 0 Å². The van der Waals surface area contributed by atoms with Gasteiger partial charge in [-0.25, -0.2) is 15.0 Å². The molecule has 0 radical (unpaired) electrons. The second-order valence-electron chi connectivity index (χ2n) is 15.8. The SMILES string of the molecule is CC1(c2ccc(-c3nc(-c4ccccc4)nc(-c4ccccc4)n3)c(C#N)c2)CC2CCCC(c3ccc(-c4ccc(C#N)c5ccccc45)c(C#N)c3)(C2)C1. The van der Waals surface area contributed by atoms with Crippen LogP contribution in [0.4, 0.5) is 0 Å². The first-order chi connectivity index (χ1) is 27.4. The third kappa shape index (κ3) is 6.09. The number of hydrogen-bond acceptors (Lipinski definition) is 6. The first-order valence-corrected chi connectivity index (χ1v) is 19.3. The highest BCUT2D eigenvalue weighted by Crippen LogP contribution is 2.58. The van der Waals surface area contributed by atoms with E-state index < -0.39 is 0 Å². The summed E-state index contributed by atoms with van der Waals surface area (Å²) in [7, 11) is 0. The lowest BCUT2D eigenvalue weighted by molar-refractivity contribution is 0.0874. The standard InChI is InChI=1S/C50H38N6/c1-49(39-19-23-43(38(25-39)31-53)48-55-46(34-12-4-2-5-13-34)54-47(56-48)35-14-6-3-7-15-35)27-33-11-10-24-50(28-33,32-49)40-20-22-42(37(26-40)30-52)45-21-18-36(29-51)41-16-8-9-17-44(41)45/h2-9,12-23,25-26,33H,10-11,24,27-28,32H2,1H3. The third-order valence-electron chi connectivity index (χ3n) is 12.3. The predicted octanol–water partition coefficient (Wildman–Crippen LogP) is 11.5. The van der Waals surface area contributed by atoms with Gasteiger partial charge < -0.3 is 0 Å². The number of fused-ring (bicyclic) bond motifs is 3. The summed E-state index contributed by atoms with van der Waals surface area (Å²) in [5.41, 5.74) is 8.21. The normalized spacial score (nSPS) is 20.1. The van der Waals surface area contributed by atoms with Crippen molar-refractivity contribution in [1.82, 2.24) is 15.0 Å². The second-order valence-corrected chi connectivity index (χ2v) is 15.8. The van der Waals surface area contributed by atoms with Crippen molar-refractivity contribution in [3.05, 3.63) is 161 Å². The van der Waals surface area contributed by atoms with Crippen LogP contribution >= 0.6 is 0 Å². The minimum atomic E-state index is -0.189. The summed E-state index contributed by atoms with van der Waals surface area (Å²) in [5.74, 6) is 2.13. The van der Waals surface area contributed by atoms with Gasteiger partial charge in [0.2, 0.25) is 0 Å². The van der Waals surface area contributed by atoms with Crippen LogP contribution in [0.3, 0.4) is 0 Å². The minimum Gasteiger partial charge on any atom is -0.208 e. The second kappa shape index (κ2) is 14.0. The van der Waals surface area contributed by atoms with Crippen LogP contribution < -0.4 is 0 Å². The molecular formula is C50H38N6. The Morgan fingerprint density at radius 1 is 0.536 bits per heavy atom. The van der Waals surface area contributed by atoms with Crippen molar-refractivity contribution in [1.29, 1.82) is 15.8 Å². The van der Waals surface area contributed by atoms with Gasteiger partial charge in [-0.2, -0.15) is 15.8 Å². The van der Waals surface area contributed by atoms with Crippen molar-refractivity contribution in [3.8, 4) is 63.5 Å². The lowest BCUT2D eigenvalue weighted by Gasteiger charge is -2.53. The fourth-order valence-corrected chi connectivity index (χ4v) is 9.83. The number of nitriles is 3. The van der Waals surface area contributed by atoms with E-state index in [0.29, 0.717) is 45.6 Å². The predicted molar refractivity (Wildman–Crippen MR) is 220 cm³/mol. The van der Waals surface area contributed by atoms with E-state index >= 15 is 0 Å². The van der Waals surface area contributed by atoms with E-state index in [1.165, 1.54) is 12.0 Å². The molecule has 6 aromatic carbocycles. The maximum atomic E-state index is 10.7. The molecule has 3 unspecified atom stereocenters. The smallest absolute Gasteiger partial charge is 0.165 e. The molecule has 6 nitrogen and oxygen atoms in total. The summed E-state index contributed by atoms with van der Waals surface area (Å²) >= 11 is 0. The molecular weight excluding hydrogens is 685 g/mol. The Bertz CT molecular complexity index is 2720. The van der Waals surface area contributed by atoms with Crippen molar-refractivity contribution in [2.45, 2.75) is 56.3 Å². The van der Waals surface area contributed by atoms with Crippen LogP contribution in [0.15, 0.2) is 133 Å². The first-order valence-electron chi connectivity index (χ1n) is 19.3. The molecule has 0 spiro atoms. The van der Waals surface area contributed by atoms with E-state index in [9.17, 15) is 15.8 Å². The maximum Gasteiger partial charge on any atom is 0.165 e. The van der Waals surface area contributed by atoms with E-state index in [1.54, 1.807) is 0 Å². The maximum absolute atomic E-state index is 10.7. The molecule has 2 fully saturated rings. The van der Waals surface area contributed by atoms with Crippen molar-refractivity contribution in [3.63, 3.8) is 0 Å². The number of nitrogens with zero attached hydrogens (tertiary/aromatic N) is 6. The zero-order chi connectivity index (χ0) is 38.3. The highest BCUT2D eigenvalue weighted by molar-refractivity contribution is 6.00. The minimum absolute atomic E-state index is 0.0956. The number of hydrogen-bond donors (Lipinski definition) is 0. The first kappa shape index (κ1) is 34.8. The zero-order valence-corrected chi connectivity index (χ0v) is 31.2. The zero-order valence-electron chi connectivity index (χ0n) is 31.2. The van der Waals surface area contributed by atoms with E-state index in [2.05, 4.69) is 55.5 Å². The van der Waals surface area contributed by atoms with Gasteiger partial charge in [0.25, 0.3) is 0 Å². The van der Waals surface area contributed by atoms with Crippen LogP contribution in [0.5, 0.6) is 0 Å². The molecule has 6 heteroatoms. The highest BCUT2D eigenvalue weighted by Gasteiger charge is 2.49. The van der Waals surface area contributed by atoms with Gasteiger partial charge in [0.15, 0.2) is 17.5 Å². The van der Waals surface area contributed by atoms with Gasteiger partial charge in [0.05, 0.1) is 34.9 Å². The molecule has 0 saturated heterocycles. The van der Waals surface area contributed by atoms with Crippen LogP contribution in [-0.4, -0.2) is 15.0 Å². The molecule has 1 heterocycles.